The van der Waals surface area contributed by atoms with E-state index in [4.69, 9.17) is 0 Å². The molecule has 9 aliphatic heterocycles. The fourth-order valence-corrected chi connectivity index (χ4v) is 5.43. The van der Waals surface area contributed by atoms with Crippen LogP contribution in [0.3, 0.4) is 0 Å². The molecule has 12 bridgehead atoms. The van der Waals surface area contributed by atoms with Crippen molar-refractivity contribution in [3.05, 3.63) is 168 Å². The Morgan fingerprint density at radius 1 is 0.500 bits per heavy atom. The summed E-state index contributed by atoms with van der Waals surface area (Å²) in [6, 6.07) is 31.2. The standard InChI is InChI=1S/C36H31N4/c1-3-29-4-2-28(1)25-38-19-12-32(13-20-38)31-9-10-36(37-18-11-31)35-7-5-30(6-8-35)27-40-23-16-34(17-24-40)33-14-21-39(26-29)22-15-33/h1-24,36H,25-27H2/q+3/p+1. The van der Waals surface area contributed by atoms with E-state index in [0.29, 0.717) is 0 Å². The lowest BCUT2D eigenvalue weighted by Gasteiger charge is -2.05. The third kappa shape index (κ3) is 5.29. The Labute approximate surface area is 235 Å². The number of rotatable bonds is 0. The lowest BCUT2D eigenvalue weighted by atomic mass is 10.0. The Hall–Kier alpha value is -4.96. The van der Waals surface area contributed by atoms with Gasteiger partial charge in [0.15, 0.2) is 69.1 Å². The van der Waals surface area contributed by atoms with Crippen molar-refractivity contribution in [3.63, 3.8) is 0 Å². The van der Waals surface area contributed by atoms with Crippen LogP contribution in [-0.2, 0) is 19.6 Å². The number of benzene rings is 2. The average Bonchev–Trinajstić information content (AvgIpc) is 3.26. The summed E-state index contributed by atoms with van der Waals surface area (Å²) in [5.74, 6) is 0. The molecule has 1 atom stereocenters. The SMILES string of the molecule is C1=CC2[NH+]=CC=C1c1cc[n+](cc1)Cc1ccc(cc1)C[n+]1ccc(cc1)-c1cc[n+](cc1)Cc1ccc2cc1. The molecule has 3 aromatic heterocycles. The molecule has 1 unspecified atom stereocenters. The molecule has 1 N–H and O–H groups in total. The maximum atomic E-state index is 3.54. The highest BCUT2D eigenvalue weighted by atomic mass is 14.9. The van der Waals surface area contributed by atoms with Gasteiger partial charge in [0.1, 0.15) is 0 Å². The van der Waals surface area contributed by atoms with Gasteiger partial charge in [-0.15, -0.1) is 0 Å². The third-order valence-corrected chi connectivity index (χ3v) is 7.80. The molecule has 2 aromatic carbocycles. The molecule has 0 radical (unpaired) electrons. The minimum Gasteiger partial charge on any atom is -0.238 e. The molecule has 0 saturated heterocycles. The second-order valence-electron chi connectivity index (χ2n) is 10.6. The number of hydrogen-bond acceptors (Lipinski definition) is 0. The van der Waals surface area contributed by atoms with Crippen molar-refractivity contribution in [2.45, 2.75) is 25.7 Å². The summed E-state index contributed by atoms with van der Waals surface area (Å²) in [5.41, 5.74) is 9.98. The number of nitrogens with zero attached hydrogens (tertiary/aromatic N) is 3. The third-order valence-electron chi connectivity index (χ3n) is 7.80. The summed E-state index contributed by atoms with van der Waals surface area (Å²) in [4.78, 5) is 3.54. The fourth-order valence-electron chi connectivity index (χ4n) is 5.43. The first-order valence-corrected chi connectivity index (χ1v) is 13.9. The minimum atomic E-state index is 0.138. The van der Waals surface area contributed by atoms with E-state index in [0.717, 1.165) is 19.6 Å². The molecule has 0 aliphatic carbocycles. The summed E-state index contributed by atoms with van der Waals surface area (Å²) >= 11 is 0. The average molecular weight is 521 g/mol. The van der Waals surface area contributed by atoms with Gasteiger partial charge in [-0.05, 0) is 28.3 Å². The van der Waals surface area contributed by atoms with Crippen molar-refractivity contribution in [1.29, 1.82) is 0 Å². The number of fused-ring (bicyclic) bond motifs is 1. The largest absolute Gasteiger partial charge is 0.238 e. The van der Waals surface area contributed by atoms with Crippen molar-refractivity contribution in [2.24, 2.45) is 0 Å². The van der Waals surface area contributed by atoms with E-state index in [9.17, 15) is 0 Å². The van der Waals surface area contributed by atoms with Crippen LogP contribution in [0.25, 0.3) is 16.7 Å². The lowest BCUT2D eigenvalue weighted by molar-refractivity contribution is -0.689. The predicted molar refractivity (Wildman–Crippen MR) is 156 cm³/mol. The van der Waals surface area contributed by atoms with Gasteiger partial charge in [0.2, 0.25) is 0 Å². The van der Waals surface area contributed by atoms with Crippen LogP contribution < -0.4 is 18.7 Å². The molecule has 0 spiro atoms. The molecular weight excluding hydrogens is 488 g/mol. The topological polar surface area (TPSA) is 25.6 Å². The van der Waals surface area contributed by atoms with Crippen LogP contribution in [0.5, 0.6) is 0 Å². The van der Waals surface area contributed by atoms with E-state index in [-0.39, 0.29) is 6.04 Å². The number of allylic oxidation sites excluding steroid dienone is 3. The van der Waals surface area contributed by atoms with E-state index in [1.807, 2.05) is 0 Å². The number of aromatic nitrogens is 3. The maximum absolute atomic E-state index is 3.54. The first-order chi connectivity index (χ1) is 19.7. The number of nitrogens with one attached hydrogen (secondary N) is 1. The highest BCUT2D eigenvalue weighted by molar-refractivity contribution is 5.86. The van der Waals surface area contributed by atoms with Crippen LogP contribution >= 0.6 is 0 Å². The van der Waals surface area contributed by atoms with Gasteiger partial charge in [-0.25, -0.2) is 18.7 Å². The van der Waals surface area contributed by atoms with Gasteiger partial charge < -0.3 is 0 Å². The van der Waals surface area contributed by atoms with Gasteiger partial charge in [0.05, 0.1) is 0 Å². The second-order valence-corrected chi connectivity index (χ2v) is 10.6. The monoisotopic (exact) mass is 520 g/mol. The summed E-state index contributed by atoms with van der Waals surface area (Å²) in [6.45, 7) is 2.54. The molecule has 192 valence electrons. The van der Waals surface area contributed by atoms with E-state index in [1.54, 1.807) is 0 Å². The predicted octanol–water partition coefficient (Wildman–Crippen LogP) is 3.52. The molecule has 40 heavy (non-hydrogen) atoms. The van der Waals surface area contributed by atoms with Crippen LogP contribution in [-0.4, -0.2) is 6.21 Å². The maximum Gasteiger partial charge on any atom is 0.195 e. The molecule has 4 heteroatoms. The number of pyridine rings is 3. The van der Waals surface area contributed by atoms with Gasteiger partial charge in [-0.3, -0.25) is 0 Å². The van der Waals surface area contributed by atoms with Gasteiger partial charge in [0.25, 0.3) is 0 Å². The van der Waals surface area contributed by atoms with Gasteiger partial charge in [-0.1, -0.05) is 54.6 Å². The van der Waals surface area contributed by atoms with E-state index >= 15 is 0 Å². The molecule has 0 fully saturated rings. The van der Waals surface area contributed by atoms with Gasteiger partial charge >= 0.3 is 0 Å². The zero-order valence-corrected chi connectivity index (χ0v) is 22.4. The van der Waals surface area contributed by atoms with Gasteiger partial charge in [0, 0.05) is 64.7 Å². The highest BCUT2D eigenvalue weighted by Crippen LogP contribution is 2.20. The van der Waals surface area contributed by atoms with Crippen LogP contribution in [0.2, 0.25) is 0 Å². The Balaban J connectivity index is 1.22. The zero-order valence-electron chi connectivity index (χ0n) is 22.4. The highest BCUT2D eigenvalue weighted by Gasteiger charge is 2.15. The summed E-state index contributed by atoms with van der Waals surface area (Å²) in [7, 11) is 0. The van der Waals surface area contributed by atoms with Crippen molar-refractivity contribution in [1.82, 2.24) is 0 Å². The van der Waals surface area contributed by atoms with Crippen LogP contribution in [0, 0.1) is 0 Å². The normalized spacial score (nSPS) is 15.9. The van der Waals surface area contributed by atoms with Crippen molar-refractivity contribution < 1.29 is 18.7 Å². The molecule has 0 saturated carbocycles. The summed E-state index contributed by atoms with van der Waals surface area (Å²) in [5, 5.41) is 0. The first kappa shape index (κ1) is 24.1. The van der Waals surface area contributed by atoms with Crippen LogP contribution in [0.4, 0.5) is 0 Å². The Morgan fingerprint density at radius 3 is 1.40 bits per heavy atom. The summed E-state index contributed by atoms with van der Waals surface area (Å²) in [6.07, 6.45) is 21.7. The van der Waals surface area contributed by atoms with E-state index in [1.165, 1.54) is 44.5 Å². The van der Waals surface area contributed by atoms with Crippen LogP contribution in [0.1, 0.15) is 33.9 Å². The molecule has 4 nitrogen and oxygen atoms in total. The number of hydrogen-bond donors (Lipinski definition) is 1. The van der Waals surface area contributed by atoms with Crippen molar-refractivity contribution >= 4 is 11.8 Å². The Morgan fingerprint density at radius 2 is 0.925 bits per heavy atom. The molecule has 12 heterocycles. The molecular formula is C36H32N4+4. The second kappa shape index (κ2) is 10.7. The molecule has 0 amide bonds. The zero-order chi connectivity index (χ0) is 26.7. The van der Waals surface area contributed by atoms with Crippen molar-refractivity contribution in [2.75, 3.05) is 0 Å². The van der Waals surface area contributed by atoms with E-state index in [2.05, 4.69) is 165 Å². The fraction of sp³-hybridized carbons (Fsp3) is 0.111. The van der Waals surface area contributed by atoms with Gasteiger partial charge in [-0.2, -0.15) is 0 Å². The Kier molecular flexibility index (Phi) is 6.42. The molecule has 5 aromatic rings. The molecule has 9 aliphatic rings. The first-order valence-electron chi connectivity index (χ1n) is 13.9. The quantitative estimate of drug-likeness (QED) is 0.303. The lowest BCUT2D eigenvalue weighted by Crippen LogP contribution is -2.69. The smallest absolute Gasteiger partial charge is 0.195 e. The van der Waals surface area contributed by atoms with Crippen LogP contribution in [0.15, 0.2) is 140 Å². The Bertz CT molecular complexity index is 1710. The van der Waals surface area contributed by atoms with Crippen molar-refractivity contribution in [3.8, 4) is 11.1 Å². The van der Waals surface area contributed by atoms with E-state index < -0.39 is 0 Å². The molecule has 14 rings (SSSR count). The minimum absolute atomic E-state index is 0.138. The summed E-state index contributed by atoms with van der Waals surface area (Å²) < 4.78 is 6.70.